The number of aliphatic hydroxyl groups is 1. The maximum absolute atomic E-state index is 10.4. The molecule has 3 nitrogen and oxygen atoms in total. The van der Waals surface area contributed by atoms with Crippen LogP contribution in [0.2, 0.25) is 0 Å². The molecule has 1 heterocycles. The standard InChI is InChI=1S/C14H22N2O/c1-3-10-4-5-11(7-10)13(17)12-6-9(2)8-16-14(12)15/h6,8,10-11,13,17H,3-5,7H2,1-2H3,(H2,15,16). The van der Waals surface area contributed by atoms with Gasteiger partial charge in [0.1, 0.15) is 5.82 Å². The van der Waals surface area contributed by atoms with Crippen LogP contribution in [0.5, 0.6) is 0 Å². The van der Waals surface area contributed by atoms with Gasteiger partial charge in [-0.15, -0.1) is 0 Å². The van der Waals surface area contributed by atoms with Crippen LogP contribution < -0.4 is 5.73 Å². The summed E-state index contributed by atoms with van der Waals surface area (Å²) in [5.74, 6) is 1.60. The monoisotopic (exact) mass is 234 g/mol. The van der Waals surface area contributed by atoms with E-state index in [1.165, 1.54) is 12.8 Å². The Labute approximate surface area is 103 Å². The lowest BCUT2D eigenvalue weighted by Gasteiger charge is -2.20. The van der Waals surface area contributed by atoms with E-state index < -0.39 is 6.10 Å². The smallest absolute Gasteiger partial charge is 0.129 e. The molecule has 94 valence electrons. The van der Waals surface area contributed by atoms with Crippen LogP contribution in [0.25, 0.3) is 0 Å². The van der Waals surface area contributed by atoms with Gasteiger partial charge in [-0.2, -0.15) is 0 Å². The Hall–Kier alpha value is -1.09. The Bertz CT molecular complexity index is 392. The predicted octanol–water partition coefficient (Wildman–Crippen LogP) is 2.83. The first-order valence-corrected chi connectivity index (χ1v) is 6.52. The SMILES string of the molecule is CCC1CCC(C(O)c2cc(C)cnc2N)C1. The summed E-state index contributed by atoms with van der Waals surface area (Å²) in [5, 5.41) is 10.4. The van der Waals surface area contributed by atoms with Crippen LogP contribution in [-0.2, 0) is 0 Å². The molecule has 17 heavy (non-hydrogen) atoms. The van der Waals surface area contributed by atoms with Gasteiger partial charge in [0.2, 0.25) is 0 Å². The van der Waals surface area contributed by atoms with E-state index in [2.05, 4.69) is 11.9 Å². The number of hydrogen-bond donors (Lipinski definition) is 2. The van der Waals surface area contributed by atoms with Crippen LogP contribution in [0.4, 0.5) is 5.82 Å². The highest BCUT2D eigenvalue weighted by Crippen LogP contribution is 2.41. The van der Waals surface area contributed by atoms with Crippen molar-refractivity contribution in [2.45, 2.75) is 45.6 Å². The summed E-state index contributed by atoms with van der Waals surface area (Å²) in [7, 11) is 0. The summed E-state index contributed by atoms with van der Waals surface area (Å²) >= 11 is 0. The second kappa shape index (κ2) is 5.05. The van der Waals surface area contributed by atoms with Crippen molar-refractivity contribution in [2.24, 2.45) is 11.8 Å². The molecule has 0 bridgehead atoms. The maximum atomic E-state index is 10.4. The lowest BCUT2D eigenvalue weighted by molar-refractivity contribution is 0.109. The van der Waals surface area contributed by atoms with Gasteiger partial charge in [-0.05, 0) is 43.2 Å². The van der Waals surface area contributed by atoms with Crippen LogP contribution in [0.15, 0.2) is 12.3 Å². The van der Waals surface area contributed by atoms with Crippen molar-refractivity contribution in [3.05, 3.63) is 23.4 Å². The topological polar surface area (TPSA) is 59.1 Å². The number of nitrogen functional groups attached to an aromatic ring is 1. The zero-order chi connectivity index (χ0) is 12.4. The normalized spacial score (nSPS) is 26.1. The summed E-state index contributed by atoms with van der Waals surface area (Å²) in [5.41, 5.74) is 7.72. The Morgan fingerprint density at radius 1 is 1.53 bits per heavy atom. The molecule has 0 saturated heterocycles. The summed E-state index contributed by atoms with van der Waals surface area (Å²) in [4.78, 5) is 4.13. The largest absolute Gasteiger partial charge is 0.388 e. The van der Waals surface area contributed by atoms with Gasteiger partial charge in [-0.25, -0.2) is 4.98 Å². The van der Waals surface area contributed by atoms with Crippen LogP contribution in [0, 0.1) is 18.8 Å². The fourth-order valence-corrected chi connectivity index (χ4v) is 2.86. The summed E-state index contributed by atoms with van der Waals surface area (Å²) in [6, 6.07) is 1.96. The number of nitrogens with zero attached hydrogens (tertiary/aromatic N) is 1. The van der Waals surface area contributed by atoms with Gasteiger partial charge in [0.25, 0.3) is 0 Å². The fourth-order valence-electron chi connectivity index (χ4n) is 2.86. The summed E-state index contributed by atoms with van der Waals surface area (Å²) < 4.78 is 0. The van der Waals surface area contributed by atoms with E-state index >= 15 is 0 Å². The van der Waals surface area contributed by atoms with Crippen molar-refractivity contribution in [1.82, 2.24) is 4.98 Å². The molecule has 0 aliphatic heterocycles. The molecule has 3 N–H and O–H groups in total. The van der Waals surface area contributed by atoms with E-state index in [0.29, 0.717) is 11.7 Å². The highest BCUT2D eigenvalue weighted by Gasteiger charge is 2.30. The van der Waals surface area contributed by atoms with Crippen molar-refractivity contribution in [1.29, 1.82) is 0 Å². The van der Waals surface area contributed by atoms with Gasteiger partial charge in [0.15, 0.2) is 0 Å². The van der Waals surface area contributed by atoms with E-state index in [1.54, 1.807) is 6.20 Å². The Kier molecular flexibility index (Phi) is 3.67. The first kappa shape index (κ1) is 12.4. The first-order valence-electron chi connectivity index (χ1n) is 6.52. The first-order chi connectivity index (χ1) is 8.11. The number of aliphatic hydroxyl groups excluding tert-OH is 1. The Morgan fingerprint density at radius 2 is 2.29 bits per heavy atom. The zero-order valence-electron chi connectivity index (χ0n) is 10.7. The van der Waals surface area contributed by atoms with Crippen LogP contribution in [-0.4, -0.2) is 10.1 Å². The number of rotatable bonds is 3. The van der Waals surface area contributed by atoms with Crippen LogP contribution in [0.1, 0.15) is 49.8 Å². The molecule has 3 heteroatoms. The third-order valence-electron chi connectivity index (χ3n) is 4.01. The van der Waals surface area contributed by atoms with Crippen molar-refractivity contribution in [3.63, 3.8) is 0 Å². The third kappa shape index (κ3) is 2.60. The molecule has 1 aliphatic rings. The number of nitrogens with two attached hydrogens (primary N) is 1. The molecule has 1 aromatic heterocycles. The molecule has 0 radical (unpaired) electrons. The van der Waals surface area contributed by atoms with Crippen LogP contribution >= 0.6 is 0 Å². The number of aryl methyl sites for hydroxylation is 1. The highest BCUT2D eigenvalue weighted by molar-refractivity contribution is 5.42. The molecule has 1 fully saturated rings. The Morgan fingerprint density at radius 3 is 2.94 bits per heavy atom. The van der Waals surface area contributed by atoms with Crippen molar-refractivity contribution in [3.8, 4) is 0 Å². The average molecular weight is 234 g/mol. The van der Waals surface area contributed by atoms with E-state index in [4.69, 9.17) is 5.73 Å². The maximum Gasteiger partial charge on any atom is 0.129 e. The fraction of sp³-hybridized carbons (Fsp3) is 0.643. The lowest BCUT2D eigenvalue weighted by atomic mass is 9.92. The molecular weight excluding hydrogens is 212 g/mol. The third-order valence-corrected chi connectivity index (χ3v) is 4.01. The summed E-state index contributed by atoms with van der Waals surface area (Å²) in [6.45, 7) is 4.20. The summed E-state index contributed by atoms with van der Waals surface area (Å²) in [6.07, 6.45) is 5.97. The molecule has 1 aromatic rings. The Balaban J connectivity index is 2.14. The molecule has 3 unspecified atom stereocenters. The molecule has 1 saturated carbocycles. The zero-order valence-corrected chi connectivity index (χ0v) is 10.7. The molecule has 0 amide bonds. The number of hydrogen-bond acceptors (Lipinski definition) is 3. The van der Waals surface area contributed by atoms with Gasteiger partial charge in [0, 0.05) is 11.8 Å². The molecular formula is C14H22N2O. The van der Waals surface area contributed by atoms with Crippen molar-refractivity contribution < 1.29 is 5.11 Å². The van der Waals surface area contributed by atoms with Gasteiger partial charge in [-0.3, -0.25) is 0 Å². The minimum absolute atomic E-state index is 0.353. The average Bonchev–Trinajstić information content (AvgIpc) is 2.80. The van der Waals surface area contributed by atoms with E-state index in [9.17, 15) is 5.11 Å². The number of aromatic nitrogens is 1. The van der Waals surface area contributed by atoms with E-state index in [1.807, 2.05) is 13.0 Å². The van der Waals surface area contributed by atoms with Gasteiger partial charge < -0.3 is 10.8 Å². The van der Waals surface area contributed by atoms with E-state index in [0.717, 1.165) is 29.9 Å². The minimum atomic E-state index is -0.445. The predicted molar refractivity (Wildman–Crippen MR) is 69.5 cm³/mol. The van der Waals surface area contributed by atoms with Gasteiger partial charge >= 0.3 is 0 Å². The second-order valence-electron chi connectivity index (χ2n) is 5.28. The molecule has 0 spiro atoms. The molecule has 1 aliphatic carbocycles. The number of pyridine rings is 1. The van der Waals surface area contributed by atoms with Gasteiger partial charge in [0.05, 0.1) is 6.10 Å². The lowest BCUT2D eigenvalue weighted by Crippen LogP contribution is -2.13. The number of anilines is 1. The molecule has 0 aromatic carbocycles. The van der Waals surface area contributed by atoms with E-state index in [-0.39, 0.29) is 0 Å². The minimum Gasteiger partial charge on any atom is -0.388 e. The molecule has 3 atom stereocenters. The van der Waals surface area contributed by atoms with Crippen LogP contribution in [0.3, 0.4) is 0 Å². The quantitative estimate of drug-likeness (QED) is 0.845. The highest BCUT2D eigenvalue weighted by atomic mass is 16.3. The van der Waals surface area contributed by atoms with Gasteiger partial charge in [-0.1, -0.05) is 19.8 Å². The van der Waals surface area contributed by atoms with Crippen molar-refractivity contribution in [2.75, 3.05) is 5.73 Å². The second-order valence-corrected chi connectivity index (χ2v) is 5.28. The van der Waals surface area contributed by atoms with Crippen molar-refractivity contribution >= 4 is 5.82 Å². The molecule has 2 rings (SSSR count).